The number of aromatic hydroxyl groups is 2. The van der Waals surface area contributed by atoms with Crippen molar-refractivity contribution in [1.82, 2.24) is 4.98 Å². The summed E-state index contributed by atoms with van der Waals surface area (Å²) in [5.41, 5.74) is 6.77. The number of aromatic nitrogens is 1. The van der Waals surface area contributed by atoms with Gasteiger partial charge >= 0.3 is 0 Å². The molecule has 9 nitrogen and oxygen atoms in total. The van der Waals surface area contributed by atoms with Crippen molar-refractivity contribution in [3.8, 4) is 23.0 Å². The van der Waals surface area contributed by atoms with E-state index in [1.807, 2.05) is 0 Å². The van der Waals surface area contributed by atoms with E-state index in [0.29, 0.717) is 28.2 Å². The van der Waals surface area contributed by atoms with Gasteiger partial charge in [-0.15, -0.1) is 0 Å². The molecule has 0 saturated heterocycles. The van der Waals surface area contributed by atoms with E-state index in [1.54, 1.807) is 48.6 Å². The van der Waals surface area contributed by atoms with Crippen molar-refractivity contribution in [3.05, 3.63) is 89.8 Å². The number of methoxy groups -OCH3 is 2. The number of carbonyl (C=O) groups excluding carboxylic acids is 3. The molecular weight excluding hydrogens is 464 g/mol. The van der Waals surface area contributed by atoms with Crippen molar-refractivity contribution < 1.29 is 34.1 Å². The van der Waals surface area contributed by atoms with Gasteiger partial charge in [0.25, 0.3) is 0 Å². The second-order valence-corrected chi connectivity index (χ2v) is 7.24. The minimum atomic E-state index is -0.419. The molecule has 9 heteroatoms. The Hall–Kier alpha value is -4.92. The van der Waals surface area contributed by atoms with Gasteiger partial charge in [0, 0.05) is 18.0 Å². The van der Waals surface area contributed by atoms with Gasteiger partial charge in [-0.3, -0.25) is 19.4 Å². The smallest absolute Gasteiger partial charge is 0.248 e. The molecule has 0 spiro atoms. The van der Waals surface area contributed by atoms with Crippen LogP contribution in [0, 0.1) is 0 Å². The summed E-state index contributed by atoms with van der Waals surface area (Å²) in [4.78, 5) is 38.0. The lowest BCUT2D eigenvalue weighted by molar-refractivity contribution is -0.121. The molecule has 1 amide bonds. The number of primary amides is 1. The van der Waals surface area contributed by atoms with Crippen molar-refractivity contribution in [1.29, 1.82) is 0 Å². The molecule has 186 valence electrons. The number of carbonyl (C=O) groups is 3. The SMILES string of the molecule is COc1cc(C=CC(=O)CC(=O)C=Cc2ccc(O)c(OC)c2)ccc1O.NC(=O)c1ccncc1. The Kier molecular flexibility index (Phi) is 10.4. The normalized spacial score (nSPS) is 10.5. The van der Waals surface area contributed by atoms with E-state index < -0.39 is 5.91 Å². The molecule has 2 aromatic carbocycles. The maximum atomic E-state index is 11.9. The van der Waals surface area contributed by atoms with E-state index >= 15 is 0 Å². The van der Waals surface area contributed by atoms with Crippen molar-refractivity contribution in [2.45, 2.75) is 6.42 Å². The Morgan fingerprint density at radius 3 is 1.61 bits per heavy atom. The van der Waals surface area contributed by atoms with Crippen molar-refractivity contribution >= 4 is 29.6 Å². The zero-order chi connectivity index (χ0) is 26.5. The van der Waals surface area contributed by atoms with E-state index in [1.165, 1.54) is 50.9 Å². The fourth-order valence-electron chi connectivity index (χ4n) is 2.78. The molecule has 1 heterocycles. The number of phenolic OH excluding ortho intramolecular Hbond substituents is 2. The van der Waals surface area contributed by atoms with Gasteiger partial charge in [-0.1, -0.05) is 24.3 Å². The second kappa shape index (κ2) is 13.7. The van der Waals surface area contributed by atoms with Gasteiger partial charge in [0.05, 0.1) is 20.6 Å². The number of amides is 1. The third-order valence-corrected chi connectivity index (χ3v) is 4.64. The fourth-order valence-corrected chi connectivity index (χ4v) is 2.78. The van der Waals surface area contributed by atoms with Crippen LogP contribution in [0.3, 0.4) is 0 Å². The Labute approximate surface area is 208 Å². The molecule has 0 aliphatic heterocycles. The number of allylic oxidation sites excluding steroid dienone is 2. The van der Waals surface area contributed by atoms with Gasteiger partial charge in [-0.2, -0.15) is 0 Å². The standard InChI is InChI=1S/C21H20O6.C6H6N2O/c1-26-20-11-14(5-9-18(20)24)3-7-16(22)13-17(23)8-4-15-6-10-19(25)21(12-15)27-2;7-6(9)5-1-3-8-4-2-5/h3-12,24-25H,13H2,1-2H3;1-4H,(H2,7,9). The molecule has 3 aromatic rings. The summed E-state index contributed by atoms with van der Waals surface area (Å²) in [5.74, 6) is -0.502. The van der Waals surface area contributed by atoms with Crippen molar-refractivity contribution in [2.24, 2.45) is 5.73 Å². The second-order valence-electron chi connectivity index (χ2n) is 7.24. The van der Waals surface area contributed by atoms with Gasteiger partial charge in [0.2, 0.25) is 5.91 Å². The molecule has 0 aliphatic rings. The lowest BCUT2D eigenvalue weighted by Gasteiger charge is -2.03. The predicted molar refractivity (Wildman–Crippen MR) is 135 cm³/mol. The molecule has 0 atom stereocenters. The summed E-state index contributed by atoms with van der Waals surface area (Å²) >= 11 is 0. The Balaban J connectivity index is 0.000000425. The predicted octanol–water partition coefficient (Wildman–Crippen LogP) is 3.55. The highest BCUT2D eigenvalue weighted by Crippen LogP contribution is 2.27. The Morgan fingerprint density at radius 1 is 0.806 bits per heavy atom. The molecule has 0 radical (unpaired) electrons. The summed E-state index contributed by atoms with van der Waals surface area (Å²) < 4.78 is 10.00. The van der Waals surface area contributed by atoms with Crippen LogP contribution in [0.4, 0.5) is 0 Å². The number of nitrogens with two attached hydrogens (primary N) is 1. The number of ether oxygens (including phenoxy) is 2. The van der Waals surface area contributed by atoms with Crippen LogP contribution in [-0.2, 0) is 9.59 Å². The van der Waals surface area contributed by atoms with Gasteiger partial charge in [0.1, 0.15) is 0 Å². The highest BCUT2D eigenvalue weighted by atomic mass is 16.5. The number of benzene rings is 2. The van der Waals surface area contributed by atoms with Crippen LogP contribution in [0.1, 0.15) is 27.9 Å². The number of pyridine rings is 1. The molecule has 3 rings (SSSR count). The highest BCUT2D eigenvalue weighted by Gasteiger charge is 2.06. The van der Waals surface area contributed by atoms with E-state index in [4.69, 9.17) is 15.2 Å². The first-order valence-electron chi connectivity index (χ1n) is 10.6. The molecule has 0 fully saturated rings. The molecule has 4 N–H and O–H groups in total. The van der Waals surface area contributed by atoms with Crippen LogP contribution >= 0.6 is 0 Å². The average Bonchev–Trinajstić information content (AvgIpc) is 2.88. The number of hydrogen-bond acceptors (Lipinski definition) is 8. The van der Waals surface area contributed by atoms with Crippen LogP contribution < -0.4 is 15.2 Å². The van der Waals surface area contributed by atoms with E-state index in [0.717, 1.165) is 0 Å². The van der Waals surface area contributed by atoms with Crippen molar-refractivity contribution in [3.63, 3.8) is 0 Å². The number of phenols is 2. The topological polar surface area (TPSA) is 149 Å². The Morgan fingerprint density at radius 2 is 1.25 bits per heavy atom. The van der Waals surface area contributed by atoms with Crippen LogP contribution in [0.15, 0.2) is 73.1 Å². The van der Waals surface area contributed by atoms with Crippen molar-refractivity contribution in [2.75, 3.05) is 14.2 Å². The summed E-state index contributed by atoms with van der Waals surface area (Å²) in [7, 11) is 2.87. The third kappa shape index (κ3) is 8.79. The summed E-state index contributed by atoms with van der Waals surface area (Å²) in [6.45, 7) is 0. The maximum absolute atomic E-state index is 11.9. The minimum Gasteiger partial charge on any atom is -0.504 e. The van der Waals surface area contributed by atoms with Crippen LogP contribution in [-0.4, -0.2) is 46.9 Å². The highest BCUT2D eigenvalue weighted by molar-refractivity contribution is 6.10. The third-order valence-electron chi connectivity index (χ3n) is 4.64. The summed E-state index contributed by atoms with van der Waals surface area (Å²) in [6.07, 6.45) is 8.50. The lowest BCUT2D eigenvalue weighted by Crippen LogP contribution is -2.10. The molecule has 0 unspecified atom stereocenters. The largest absolute Gasteiger partial charge is 0.504 e. The van der Waals surface area contributed by atoms with E-state index in [-0.39, 0.29) is 29.5 Å². The van der Waals surface area contributed by atoms with E-state index in [9.17, 15) is 24.6 Å². The molecule has 0 saturated carbocycles. The van der Waals surface area contributed by atoms with E-state index in [2.05, 4.69) is 4.98 Å². The molecule has 0 aliphatic carbocycles. The molecule has 1 aromatic heterocycles. The van der Waals surface area contributed by atoms with Crippen LogP contribution in [0.2, 0.25) is 0 Å². The van der Waals surface area contributed by atoms with Crippen LogP contribution in [0.5, 0.6) is 23.0 Å². The number of rotatable bonds is 9. The lowest BCUT2D eigenvalue weighted by atomic mass is 10.1. The summed E-state index contributed by atoms with van der Waals surface area (Å²) in [5, 5.41) is 19.1. The maximum Gasteiger partial charge on any atom is 0.248 e. The zero-order valence-corrected chi connectivity index (χ0v) is 19.8. The zero-order valence-electron chi connectivity index (χ0n) is 19.8. The number of ketones is 2. The van der Waals surface area contributed by atoms with Gasteiger partial charge < -0.3 is 25.4 Å². The number of nitrogens with zero attached hydrogens (tertiary/aromatic N) is 1. The average molecular weight is 491 g/mol. The molecule has 36 heavy (non-hydrogen) atoms. The van der Waals surface area contributed by atoms with Gasteiger partial charge in [0.15, 0.2) is 34.6 Å². The monoisotopic (exact) mass is 490 g/mol. The van der Waals surface area contributed by atoms with Gasteiger partial charge in [-0.25, -0.2) is 0 Å². The fraction of sp³-hybridized carbons (Fsp3) is 0.111. The Bertz CT molecular complexity index is 1190. The minimum absolute atomic E-state index is 0.00662. The summed E-state index contributed by atoms with van der Waals surface area (Å²) in [6, 6.07) is 12.5. The number of hydrogen-bond donors (Lipinski definition) is 3. The quantitative estimate of drug-likeness (QED) is 0.305. The first kappa shape index (κ1) is 27.3. The van der Waals surface area contributed by atoms with Crippen LogP contribution in [0.25, 0.3) is 12.2 Å². The molecule has 0 bridgehead atoms. The first-order valence-corrected chi connectivity index (χ1v) is 10.6. The molecular formula is C27H26N2O7. The van der Waals surface area contributed by atoms with Gasteiger partial charge in [-0.05, 0) is 59.7 Å². The first-order chi connectivity index (χ1) is 17.2.